The molecule has 1 aromatic carbocycles. The summed E-state index contributed by atoms with van der Waals surface area (Å²) in [6.45, 7) is 5.32. The van der Waals surface area contributed by atoms with Crippen molar-refractivity contribution in [1.29, 1.82) is 0 Å². The second kappa shape index (κ2) is 9.87. The highest BCUT2D eigenvalue weighted by molar-refractivity contribution is 7.20. The molecule has 184 valence electrons. The Balaban J connectivity index is 1.51. The number of ether oxygens (including phenoxy) is 3. The molecule has 0 saturated carbocycles. The van der Waals surface area contributed by atoms with Gasteiger partial charge in [0.1, 0.15) is 15.5 Å². The van der Waals surface area contributed by atoms with Gasteiger partial charge >= 0.3 is 11.9 Å². The zero-order valence-electron chi connectivity index (χ0n) is 19.7. The number of aromatic nitrogens is 2. The van der Waals surface area contributed by atoms with Gasteiger partial charge in [-0.25, -0.2) is 9.78 Å². The van der Waals surface area contributed by atoms with E-state index in [0.717, 1.165) is 11.3 Å². The van der Waals surface area contributed by atoms with E-state index in [1.165, 1.54) is 12.0 Å². The Labute approximate surface area is 204 Å². The molecule has 4 rings (SSSR count). The first-order chi connectivity index (χ1) is 16.7. The molecule has 0 bridgehead atoms. The summed E-state index contributed by atoms with van der Waals surface area (Å²) < 4.78 is 15.9. The van der Waals surface area contributed by atoms with Crippen LogP contribution in [0.25, 0.3) is 10.2 Å². The molecule has 2 atom stereocenters. The molecule has 0 spiro atoms. The molecule has 2 aromatic heterocycles. The van der Waals surface area contributed by atoms with E-state index in [9.17, 15) is 19.2 Å². The first kappa shape index (κ1) is 24.4. The fraction of sp³-hybridized carbons (Fsp3) is 0.375. The first-order valence-corrected chi connectivity index (χ1v) is 11.9. The molecule has 1 N–H and O–H groups in total. The van der Waals surface area contributed by atoms with Crippen LogP contribution in [0.3, 0.4) is 0 Å². The zero-order chi connectivity index (χ0) is 25.3. The van der Waals surface area contributed by atoms with Gasteiger partial charge in [0.15, 0.2) is 11.9 Å². The summed E-state index contributed by atoms with van der Waals surface area (Å²) in [5.41, 5.74) is 0.648. The van der Waals surface area contributed by atoms with E-state index in [2.05, 4.69) is 9.97 Å². The Morgan fingerprint density at radius 1 is 1.29 bits per heavy atom. The molecule has 10 nitrogen and oxygen atoms in total. The molecule has 0 aliphatic carbocycles. The molecule has 3 heterocycles. The first-order valence-electron chi connectivity index (χ1n) is 11.1. The Hall–Kier alpha value is -3.73. The lowest BCUT2D eigenvalue weighted by molar-refractivity contribution is -0.153. The maximum atomic E-state index is 12.9. The molecule has 1 amide bonds. The summed E-state index contributed by atoms with van der Waals surface area (Å²) in [5.74, 6) is -1.29. The average Bonchev–Trinajstić information content (AvgIpc) is 3.39. The number of para-hydroxylation sites is 2. The van der Waals surface area contributed by atoms with Gasteiger partial charge in [-0.3, -0.25) is 14.4 Å². The van der Waals surface area contributed by atoms with E-state index in [-0.39, 0.29) is 31.3 Å². The van der Waals surface area contributed by atoms with E-state index in [0.29, 0.717) is 32.1 Å². The number of nitrogens with one attached hydrogen (secondary N) is 1. The van der Waals surface area contributed by atoms with Crippen LogP contribution in [0.15, 0.2) is 29.1 Å². The normalized spacial score (nSPS) is 16.4. The molecule has 1 aliphatic rings. The lowest BCUT2D eigenvalue weighted by Gasteiger charge is -2.19. The number of fused-ring (bicyclic) bond motifs is 1. The van der Waals surface area contributed by atoms with Gasteiger partial charge in [0, 0.05) is 13.0 Å². The van der Waals surface area contributed by atoms with Crippen molar-refractivity contribution in [3.05, 3.63) is 50.9 Å². The van der Waals surface area contributed by atoms with Crippen molar-refractivity contribution in [3.8, 4) is 5.75 Å². The predicted molar refractivity (Wildman–Crippen MR) is 129 cm³/mol. The topological polar surface area (TPSA) is 128 Å². The monoisotopic (exact) mass is 499 g/mol. The molecular weight excluding hydrogens is 474 g/mol. The van der Waals surface area contributed by atoms with E-state index >= 15 is 0 Å². The third-order valence-electron chi connectivity index (χ3n) is 5.79. The van der Waals surface area contributed by atoms with Gasteiger partial charge < -0.3 is 24.1 Å². The summed E-state index contributed by atoms with van der Waals surface area (Å²) in [6.07, 6.45) is -0.872. The maximum Gasteiger partial charge on any atom is 0.348 e. The summed E-state index contributed by atoms with van der Waals surface area (Å²) in [5, 5.41) is 0.300. The highest BCUT2D eigenvalue weighted by atomic mass is 32.1. The number of H-pyrrole nitrogens is 1. The third-order valence-corrected chi connectivity index (χ3v) is 6.96. The van der Waals surface area contributed by atoms with Crippen LogP contribution < -0.4 is 15.2 Å². The number of rotatable bonds is 7. The Morgan fingerprint density at radius 3 is 2.74 bits per heavy atom. The van der Waals surface area contributed by atoms with Crippen molar-refractivity contribution in [2.45, 2.75) is 33.3 Å². The molecule has 1 aliphatic heterocycles. The van der Waals surface area contributed by atoms with Crippen LogP contribution in [0.2, 0.25) is 0 Å². The fourth-order valence-corrected chi connectivity index (χ4v) is 5.10. The second-order valence-electron chi connectivity index (χ2n) is 8.06. The van der Waals surface area contributed by atoms with Gasteiger partial charge in [0.05, 0.1) is 30.7 Å². The smallest absolute Gasteiger partial charge is 0.348 e. The van der Waals surface area contributed by atoms with Gasteiger partial charge in [0.2, 0.25) is 5.91 Å². The summed E-state index contributed by atoms with van der Waals surface area (Å²) in [6, 6.07) is 7.08. The average molecular weight is 500 g/mol. The number of amides is 1. The van der Waals surface area contributed by atoms with Crippen LogP contribution in [0.1, 0.15) is 47.4 Å². The van der Waals surface area contributed by atoms with E-state index in [4.69, 9.17) is 14.2 Å². The second-order valence-corrected chi connectivity index (χ2v) is 9.06. The molecule has 35 heavy (non-hydrogen) atoms. The van der Waals surface area contributed by atoms with Crippen LogP contribution in [0, 0.1) is 12.8 Å². The summed E-state index contributed by atoms with van der Waals surface area (Å²) in [7, 11) is 1.52. The number of carbonyl (C=O) groups excluding carboxylic acids is 3. The van der Waals surface area contributed by atoms with Crippen LogP contribution in [-0.2, 0) is 19.1 Å². The minimum atomic E-state index is -0.872. The van der Waals surface area contributed by atoms with Crippen molar-refractivity contribution < 1.29 is 28.6 Å². The maximum absolute atomic E-state index is 12.9. The number of methoxy groups -OCH3 is 1. The number of esters is 2. The van der Waals surface area contributed by atoms with Crippen molar-refractivity contribution in [3.63, 3.8) is 0 Å². The van der Waals surface area contributed by atoms with E-state index in [1.54, 1.807) is 45.0 Å². The molecule has 3 aromatic rings. The Bertz CT molecular complexity index is 1360. The van der Waals surface area contributed by atoms with E-state index < -0.39 is 29.5 Å². The number of benzene rings is 1. The van der Waals surface area contributed by atoms with Gasteiger partial charge in [-0.1, -0.05) is 12.1 Å². The molecular formula is C24H25N3O7S. The number of nitrogens with zero attached hydrogens (tertiary/aromatic N) is 2. The number of aromatic amines is 1. The highest BCUT2D eigenvalue weighted by Crippen LogP contribution is 2.34. The SMILES string of the molecule is CCOC(=O)c1sc2nc([C@@H](C)OC(=O)[C@H]3CC(=O)N(c4ccccc4OC)C3)[nH]c(=O)c2c1C. The van der Waals surface area contributed by atoms with E-state index in [1.807, 2.05) is 0 Å². The van der Waals surface area contributed by atoms with Crippen LogP contribution >= 0.6 is 11.3 Å². The largest absolute Gasteiger partial charge is 0.495 e. The van der Waals surface area contributed by atoms with Crippen molar-refractivity contribution in [1.82, 2.24) is 9.97 Å². The Kier molecular flexibility index (Phi) is 6.88. The summed E-state index contributed by atoms with van der Waals surface area (Å²) >= 11 is 1.05. The van der Waals surface area contributed by atoms with Crippen molar-refractivity contribution >= 4 is 45.1 Å². The van der Waals surface area contributed by atoms with Crippen LogP contribution in [-0.4, -0.2) is 48.1 Å². The standard InChI is InChI=1S/C24H25N3O7S/c1-5-33-24(31)19-12(2)18-21(29)25-20(26-22(18)35-19)13(3)34-23(30)14-10-17(28)27(11-14)15-8-6-7-9-16(15)32-4/h6-9,13-14H,5,10-11H2,1-4H3,(H,25,26,29)/t13-,14+/m1/s1. The number of hydrogen-bond acceptors (Lipinski definition) is 9. The lowest BCUT2D eigenvalue weighted by atomic mass is 10.1. The van der Waals surface area contributed by atoms with Gasteiger partial charge in [-0.2, -0.15) is 0 Å². The number of thiophene rings is 1. The fourth-order valence-electron chi connectivity index (χ4n) is 4.02. The van der Waals surface area contributed by atoms with Gasteiger partial charge in [-0.15, -0.1) is 11.3 Å². The zero-order valence-corrected chi connectivity index (χ0v) is 20.6. The number of hydrogen-bond donors (Lipinski definition) is 1. The minimum Gasteiger partial charge on any atom is -0.495 e. The minimum absolute atomic E-state index is 0.000392. The quantitative estimate of drug-likeness (QED) is 0.491. The highest BCUT2D eigenvalue weighted by Gasteiger charge is 2.38. The molecule has 1 saturated heterocycles. The lowest BCUT2D eigenvalue weighted by Crippen LogP contribution is -2.27. The van der Waals surface area contributed by atoms with Crippen LogP contribution in [0.4, 0.5) is 5.69 Å². The number of carbonyl (C=O) groups is 3. The molecule has 0 unspecified atom stereocenters. The Morgan fingerprint density at radius 2 is 2.03 bits per heavy atom. The summed E-state index contributed by atoms with van der Waals surface area (Å²) in [4.78, 5) is 59.6. The molecule has 1 fully saturated rings. The predicted octanol–water partition coefficient (Wildman–Crippen LogP) is 3.14. The van der Waals surface area contributed by atoms with Crippen LogP contribution in [0.5, 0.6) is 5.75 Å². The number of aryl methyl sites for hydroxylation is 1. The third kappa shape index (κ3) is 4.63. The van der Waals surface area contributed by atoms with Gasteiger partial charge in [-0.05, 0) is 38.5 Å². The van der Waals surface area contributed by atoms with Gasteiger partial charge in [0.25, 0.3) is 5.56 Å². The molecule has 0 radical (unpaired) electrons. The molecule has 11 heteroatoms. The van der Waals surface area contributed by atoms with Crippen molar-refractivity contribution in [2.24, 2.45) is 5.92 Å². The van der Waals surface area contributed by atoms with Crippen molar-refractivity contribution in [2.75, 3.05) is 25.2 Å². The number of anilines is 1.